The zero-order valence-corrected chi connectivity index (χ0v) is 16.7. The first kappa shape index (κ1) is 18.8. The first-order chi connectivity index (χ1) is 13.7. The molecule has 0 bridgehead atoms. The Hall–Kier alpha value is -2.50. The Labute approximate surface area is 166 Å². The number of nitrogens with zero attached hydrogens (tertiary/aromatic N) is 3. The van der Waals surface area contributed by atoms with Crippen LogP contribution in [0.2, 0.25) is 0 Å². The van der Waals surface area contributed by atoms with Crippen LogP contribution >= 0.6 is 0 Å². The number of hydrogen-bond donors (Lipinski definition) is 1. The van der Waals surface area contributed by atoms with Gasteiger partial charge in [0.1, 0.15) is 0 Å². The van der Waals surface area contributed by atoms with Gasteiger partial charge in [0, 0.05) is 55.5 Å². The van der Waals surface area contributed by atoms with Gasteiger partial charge in [-0.3, -0.25) is 4.79 Å². The first-order valence-corrected chi connectivity index (χ1v) is 10.6. The largest absolute Gasteiger partial charge is 0.347 e. The van der Waals surface area contributed by atoms with E-state index in [4.69, 9.17) is 0 Å². The van der Waals surface area contributed by atoms with Gasteiger partial charge in [-0.15, -0.1) is 0 Å². The average molecular weight is 383 g/mol. The van der Waals surface area contributed by atoms with Crippen molar-refractivity contribution in [1.29, 1.82) is 0 Å². The Morgan fingerprint density at radius 2 is 1.86 bits per heavy atom. The number of urea groups is 1. The van der Waals surface area contributed by atoms with Crippen molar-refractivity contribution in [1.82, 2.24) is 14.4 Å². The molecule has 1 atom stereocenters. The monoisotopic (exact) mass is 382 g/mol. The van der Waals surface area contributed by atoms with Crippen LogP contribution in [0.3, 0.4) is 0 Å². The van der Waals surface area contributed by atoms with E-state index in [9.17, 15) is 9.59 Å². The fourth-order valence-corrected chi connectivity index (χ4v) is 4.43. The highest BCUT2D eigenvalue weighted by Crippen LogP contribution is 2.24. The van der Waals surface area contributed by atoms with Crippen molar-refractivity contribution in [2.45, 2.75) is 45.6 Å². The number of amides is 3. The average Bonchev–Trinajstić information content (AvgIpc) is 3.38. The fourth-order valence-electron chi connectivity index (χ4n) is 4.43. The summed E-state index contributed by atoms with van der Waals surface area (Å²) in [6.45, 7) is 6.15. The Morgan fingerprint density at radius 1 is 1.07 bits per heavy atom. The fraction of sp³-hybridized carbons (Fsp3) is 0.545. The molecule has 0 aliphatic carbocycles. The van der Waals surface area contributed by atoms with Gasteiger partial charge in [0.25, 0.3) is 0 Å². The predicted octanol–water partition coefficient (Wildman–Crippen LogP) is 3.92. The van der Waals surface area contributed by atoms with E-state index in [-0.39, 0.29) is 17.9 Å². The van der Waals surface area contributed by atoms with E-state index in [2.05, 4.69) is 35.1 Å². The molecule has 3 heterocycles. The van der Waals surface area contributed by atoms with Gasteiger partial charge in [0.15, 0.2) is 0 Å². The van der Waals surface area contributed by atoms with E-state index >= 15 is 0 Å². The lowest BCUT2D eigenvalue weighted by Gasteiger charge is -2.34. The van der Waals surface area contributed by atoms with Crippen molar-refractivity contribution in [3.8, 4) is 0 Å². The minimum atomic E-state index is -0.138. The highest BCUT2D eigenvalue weighted by Gasteiger charge is 2.31. The number of carbonyl (C=O) groups is 2. The number of anilines is 1. The van der Waals surface area contributed by atoms with Crippen LogP contribution in [0, 0.1) is 5.92 Å². The summed E-state index contributed by atoms with van der Waals surface area (Å²) < 4.78 is 2.24. The summed E-state index contributed by atoms with van der Waals surface area (Å²) in [6, 6.07) is 8.29. The third-order valence-electron chi connectivity index (χ3n) is 5.94. The zero-order chi connectivity index (χ0) is 19.5. The predicted molar refractivity (Wildman–Crippen MR) is 111 cm³/mol. The van der Waals surface area contributed by atoms with Crippen LogP contribution in [0.25, 0.3) is 10.9 Å². The molecule has 150 valence electrons. The number of rotatable bonds is 4. The van der Waals surface area contributed by atoms with Crippen molar-refractivity contribution in [3.05, 3.63) is 30.5 Å². The van der Waals surface area contributed by atoms with E-state index in [0.717, 1.165) is 69.4 Å². The smallest absolute Gasteiger partial charge is 0.320 e. The molecule has 28 heavy (non-hydrogen) atoms. The molecule has 6 heteroatoms. The standard InChI is InChI=1S/C22H30N4O2/c1-2-10-24-14-9-17-15-19(7-8-20(17)24)23-21(27)18-6-5-13-26(16-18)22(28)25-11-3-4-12-25/h7-9,14-15,18H,2-6,10-13,16H2,1H3,(H,23,27). The molecule has 3 amide bonds. The van der Waals surface area contributed by atoms with Gasteiger partial charge in [0.2, 0.25) is 5.91 Å². The molecule has 0 radical (unpaired) electrons. The summed E-state index contributed by atoms with van der Waals surface area (Å²) in [5.41, 5.74) is 2.02. The third-order valence-corrected chi connectivity index (χ3v) is 5.94. The lowest BCUT2D eigenvalue weighted by molar-refractivity contribution is -0.121. The van der Waals surface area contributed by atoms with Gasteiger partial charge in [-0.1, -0.05) is 6.92 Å². The van der Waals surface area contributed by atoms with Gasteiger partial charge in [0.05, 0.1) is 5.92 Å². The number of aromatic nitrogens is 1. The van der Waals surface area contributed by atoms with Crippen molar-refractivity contribution in [2.24, 2.45) is 5.92 Å². The minimum absolute atomic E-state index is 0.0197. The normalized spacial score (nSPS) is 20.0. The van der Waals surface area contributed by atoms with Crippen LogP contribution in [0.1, 0.15) is 39.0 Å². The Kier molecular flexibility index (Phi) is 5.55. The zero-order valence-electron chi connectivity index (χ0n) is 16.7. The van der Waals surface area contributed by atoms with Crippen LogP contribution in [0.15, 0.2) is 30.5 Å². The molecule has 1 unspecified atom stereocenters. The molecule has 2 saturated heterocycles. The molecule has 1 aromatic carbocycles. The highest BCUT2D eigenvalue weighted by atomic mass is 16.2. The number of benzene rings is 1. The number of aryl methyl sites for hydroxylation is 1. The first-order valence-electron chi connectivity index (χ1n) is 10.6. The summed E-state index contributed by atoms with van der Waals surface area (Å²) in [5, 5.41) is 4.21. The van der Waals surface area contributed by atoms with E-state index < -0.39 is 0 Å². The van der Waals surface area contributed by atoms with E-state index in [1.807, 2.05) is 21.9 Å². The maximum Gasteiger partial charge on any atom is 0.320 e. The van der Waals surface area contributed by atoms with Crippen LogP contribution in [0.4, 0.5) is 10.5 Å². The molecule has 1 N–H and O–H groups in total. The van der Waals surface area contributed by atoms with Gasteiger partial charge in [-0.2, -0.15) is 0 Å². The van der Waals surface area contributed by atoms with Crippen LogP contribution in [0.5, 0.6) is 0 Å². The molecule has 2 aliphatic heterocycles. The number of carbonyl (C=O) groups excluding carboxylic acids is 2. The Morgan fingerprint density at radius 3 is 2.64 bits per heavy atom. The summed E-state index contributed by atoms with van der Waals surface area (Å²) >= 11 is 0. The molecular weight excluding hydrogens is 352 g/mol. The SMILES string of the molecule is CCCn1ccc2cc(NC(=O)C3CCCN(C(=O)N4CCCC4)C3)ccc21. The second-order valence-electron chi connectivity index (χ2n) is 8.03. The molecule has 0 saturated carbocycles. The molecule has 2 fully saturated rings. The number of piperidine rings is 1. The molecule has 4 rings (SSSR count). The Bertz CT molecular complexity index is 853. The molecule has 2 aliphatic rings. The van der Waals surface area contributed by atoms with Gasteiger partial charge in [-0.25, -0.2) is 4.79 Å². The third kappa shape index (κ3) is 3.86. The summed E-state index contributed by atoms with van der Waals surface area (Å²) in [4.78, 5) is 29.3. The maximum absolute atomic E-state index is 12.8. The second kappa shape index (κ2) is 8.25. The van der Waals surface area contributed by atoms with Crippen LogP contribution < -0.4 is 5.32 Å². The van der Waals surface area contributed by atoms with Gasteiger partial charge >= 0.3 is 6.03 Å². The van der Waals surface area contributed by atoms with Crippen molar-refractivity contribution >= 4 is 28.5 Å². The summed E-state index contributed by atoms with van der Waals surface area (Å²) in [6.07, 6.45) is 7.10. The lowest BCUT2D eigenvalue weighted by atomic mass is 9.97. The number of fused-ring (bicyclic) bond motifs is 1. The number of hydrogen-bond acceptors (Lipinski definition) is 2. The molecule has 6 nitrogen and oxygen atoms in total. The van der Waals surface area contributed by atoms with Gasteiger partial charge in [-0.05, 0) is 56.4 Å². The van der Waals surface area contributed by atoms with Crippen molar-refractivity contribution in [3.63, 3.8) is 0 Å². The van der Waals surface area contributed by atoms with Crippen LogP contribution in [-0.4, -0.2) is 52.5 Å². The molecule has 2 aromatic rings. The van der Waals surface area contributed by atoms with Crippen LogP contribution in [-0.2, 0) is 11.3 Å². The van der Waals surface area contributed by atoms with Crippen molar-refractivity contribution in [2.75, 3.05) is 31.5 Å². The second-order valence-corrected chi connectivity index (χ2v) is 8.03. The number of nitrogens with one attached hydrogen (secondary N) is 1. The summed E-state index contributed by atoms with van der Waals surface area (Å²) in [7, 11) is 0. The topological polar surface area (TPSA) is 57.6 Å². The van der Waals surface area contributed by atoms with Gasteiger partial charge < -0.3 is 19.7 Å². The molecule has 1 aromatic heterocycles. The van der Waals surface area contributed by atoms with E-state index in [1.54, 1.807) is 0 Å². The number of likely N-dealkylation sites (tertiary alicyclic amines) is 2. The quantitative estimate of drug-likeness (QED) is 0.871. The molecule has 0 spiro atoms. The highest BCUT2D eigenvalue weighted by molar-refractivity contribution is 5.95. The summed E-state index contributed by atoms with van der Waals surface area (Å²) in [5.74, 6) is -0.119. The Balaban J connectivity index is 1.40. The van der Waals surface area contributed by atoms with Crippen molar-refractivity contribution < 1.29 is 9.59 Å². The lowest BCUT2D eigenvalue weighted by Crippen LogP contribution is -2.48. The maximum atomic E-state index is 12.8. The minimum Gasteiger partial charge on any atom is -0.347 e. The van der Waals surface area contributed by atoms with E-state index in [1.165, 1.54) is 5.52 Å². The molecular formula is C22H30N4O2. The van der Waals surface area contributed by atoms with E-state index in [0.29, 0.717) is 6.54 Å².